The predicted octanol–water partition coefficient (Wildman–Crippen LogP) is 3.58. The Labute approximate surface area is 163 Å². The van der Waals surface area contributed by atoms with Crippen molar-refractivity contribution in [2.24, 2.45) is 0 Å². The van der Waals surface area contributed by atoms with Gasteiger partial charge in [-0.15, -0.1) is 0 Å². The normalized spacial score (nSPS) is 20.7. The molecule has 1 fully saturated rings. The Hall–Kier alpha value is -2.67. The molecule has 146 valence electrons. The monoisotopic (exact) mass is 381 g/mol. The van der Waals surface area contributed by atoms with Gasteiger partial charge in [0.2, 0.25) is 0 Å². The van der Waals surface area contributed by atoms with Crippen LogP contribution < -0.4 is 10.1 Å². The Morgan fingerprint density at radius 3 is 3.07 bits per heavy atom. The summed E-state index contributed by atoms with van der Waals surface area (Å²) in [5.74, 6) is 1.05. The summed E-state index contributed by atoms with van der Waals surface area (Å²) in [5, 5.41) is 7.81. The highest BCUT2D eigenvalue weighted by Crippen LogP contribution is 2.29. The number of fused-ring (bicyclic) bond motifs is 5. The molecule has 1 aromatic carbocycles. The molecule has 1 saturated heterocycles. The molecule has 3 aromatic rings. The van der Waals surface area contributed by atoms with Crippen LogP contribution in [-0.4, -0.2) is 51.8 Å². The fourth-order valence-electron chi connectivity index (χ4n) is 4.30. The summed E-state index contributed by atoms with van der Waals surface area (Å²) in [5.41, 5.74) is 2.22. The zero-order valence-corrected chi connectivity index (χ0v) is 15.8. The quantitative estimate of drug-likeness (QED) is 0.645. The lowest BCUT2D eigenvalue weighted by atomic mass is 9.99. The maximum Gasteiger partial charge on any atom is 0.165 e. The van der Waals surface area contributed by atoms with Crippen molar-refractivity contribution >= 4 is 11.5 Å². The largest absolute Gasteiger partial charge is 0.492 e. The molecule has 2 aliphatic heterocycles. The molecule has 28 heavy (non-hydrogen) atoms. The van der Waals surface area contributed by atoms with Crippen molar-refractivity contribution in [2.75, 3.05) is 31.6 Å². The number of piperidine rings is 1. The summed E-state index contributed by atoms with van der Waals surface area (Å²) < 4.78 is 21.9. The molecule has 1 atom stereocenters. The van der Waals surface area contributed by atoms with E-state index in [2.05, 4.69) is 15.3 Å². The van der Waals surface area contributed by atoms with Crippen molar-refractivity contribution in [1.29, 1.82) is 0 Å². The molecule has 0 radical (unpaired) electrons. The highest BCUT2D eigenvalue weighted by molar-refractivity contribution is 5.78. The van der Waals surface area contributed by atoms with Gasteiger partial charge in [-0.3, -0.25) is 4.90 Å². The fraction of sp³-hybridized carbons (Fsp3) is 0.429. The number of nitrogens with zero attached hydrogens (tertiary/aromatic N) is 4. The van der Waals surface area contributed by atoms with Crippen LogP contribution >= 0.6 is 0 Å². The first-order valence-electron chi connectivity index (χ1n) is 10.0. The van der Waals surface area contributed by atoms with E-state index in [1.54, 1.807) is 10.7 Å². The van der Waals surface area contributed by atoms with E-state index in [9.17, 15) is 4.39 Å². The SMILES string of the molecule is Fc1cc2cc(c1)-c1cnn3ccc(nc13)NCCC1CCCCN1CCO2. The van der Waals surface area contributed by atoms with E-state index >= 15 is 0 Å². The minimum atomic E-state index is -0.318. The van der Waals surface area contributed by atoms with E-state index in [-0.39, 0.29) is 5.82 Å². The molecular formula is C21H24FN5O. The van der Waals surface area contributed by atoms with Crippen LogP contribution in [0.5, 0.6) is 5.75 Å². The lowest BCUT2D eigenvalue weighted by Crippen LogP contribution is -2.42. The Kier molecular flexibility index (Phi) is 4.60. The van der Waals surface area contributed by atoms with Crippen LogP contribution in [0.25, 0.3) is 16.8 Å². The highest BCUT2D eigenvalue weighted by atomic mass is 19.1. The lowest BCUT2D eigenvalue weighted by Gasteiger charge is -2.35. The van der Waals surface area contributed by atoms with Gasteiger partial charge in [-0.2, -0.15) is 5.10 Å². The molecule has 0 saturated carbocycles. The van der Waals surface area contributed by atoms with Gasteiger partial charge in [0.15, 0.2) is 5.65 Å². The van der Waals surface area contributed by atoms with E-state index in [1.807, 2.05) is 18.3 Å². The van der Waals surface area contributed by atoms with E-state index in [0.29, 0.717) is 24.0 Å². The van der Waals surface area contributed by atoms with Crippen molar-refractivity contribution in [3.05, 3.63) is 42.5 Å². The second-order valence-electron chi connectivity index (χ2n) is 7.56. The maximum absolute atomic E-state index is 14.3. The first kappa shape index (κ1) is 17.4. The number of hydrogen-bond acceptors (Lipinski definition) is 5. The van der Waals surface area contributed by atoms with Crippen molar-refractivity contribution in [3.8, 4) is 16.9 Å². The second kappa shape index (κ2) is 7.39. The van der Waals surface area contributed by atoms with Gasteiger partial charge in [0.1, 0.15) is 24.0 Å². The molecule has 0 aliphatic carbocycles. The molecule has 0 amide bonds. The van der Waals surface area contributed by atoms with Gasteiger partial charge in [0.25, 0.3) is 0 Å². The van der Waals surface area contributed by atoms with Gasteiger partial charge in [-0.1, -0.05) is 6.42 Å². The van der Waals surface area contributed by atoms with Crippen molar-refractivity contribution in [2.45, 2.75) is 31.7 Å². The minimum Gasteiger partial charge on any atom is -0.492 e. The first-order chi connectivity index (χ1) is 13.8. The number of ether oxygens (including phenoxy) is 1. The zero-order chi connectivity index (χ0) is 18.9. The molecule has 1 N–H and O–H groups in total. The molecule has 1 unspecified atom stereocenters. The van der Waals surface area contributed by atoms with Crippen molar-refractivity contribution in [1.82, 2.24) is 19.5 Å². The molecule has 4 heterocycles. The van der Waals surface area contributed by atoms with Crippen LogP contribution in [0.2, 0.25) is 0 Å². The smallest absolute Gasteiger partial charge is 0.165 e. The third-order valence-electron chi connectivity index (χ3n) is 5.73. The Morgan fingerprint density at radius 1 is 1.14 bits per heavy atom. The molecule has 7 heteroatoms. The van der Waals surface area contributed by atoms with Crippen LogP contribution in [0.1, 0.15) is 25.7 Å². The molecule has 2 aliphatic rings. The summed E-state index contributed by atoms with van der Waals surface area (Å²) in [6.07, 6.45) is 8.40. The van der Waals surface area contributed by atoms with Crippen LogP contribution in [0.4, 0.5) is 10.2 Å². The second-order valence-corrected chi connectivity index (χ2v) is 7.56. The summed E-state index contributed by atoms with van der Waals surface area (Å²) in [6.45, 7) is 3.39. The summed E-state index contributed by atoms with van der Waals surface area (Å²) >= 11 is 0. The van der Waals surface area contributed by atoms with Gasteiger partial charge in [-0.25, -0.2) is 13.9 Å². The maximum atomic E-state index is 14.3. The minimum absolute atomic E-state index is 0.318. The molecular weight excluding hydrogens is 357 g/mol. The van der Waals surface area contributed by atoms with Crippen LogP contribution in [-0.2, 0) is 0 Å². The average molecular weight is 381 g/mol. The van der Waals surface area contributed by atoms with Crippen molar-refractivity contribution in [3.63, 3.8) is 0 Å². The van der Waals surface area contributed by atoms with Crippen LogP contribution in [0.3, 0.4) is 0 Å². The third-order valence-corrected chi connectivity index (χ3v) is 5.73. The topological polar surface area (TPSA) is 54.7 Å². The number of halogens is 1. The van der Waals surface area contributed by atoms with Gasteiger partial charge in [-0.05, 0) is 49.6 Å². The average Bonchev–Trinajstić information content (AvgIpc) is 3.11. The molecule has 4 bridgehead atoms. The van der Waals surface area contributed by atoms with E-state index < -0.39 is 0 Å². The van der Waals surface area contributed by atoms with E-state index in [4.69, 9.17) is 9.72 Å². The number of anilines is 1. The summed E-state index contributed by atoms with van der Waals surface area (Å²) in [6, 6.07) is 7.30. The fourth-order valence-corrected chi connectivity index (χ4v) is 4.30. The van der Waals surface area contributed by atoms with Crippen LogP contribution in [0.15, 0.2) is 36.7 Å². The van der Waals surface area contributed by atoms with Crippen LogP contribution in [0, 0.1) is 5.82 Å². The standard InChI is InChI=1S/C21H24FN5O/c22-16-11-15-12-18(13-16)28-10-9-26-7-2-1-3-17(26)4-6-23-20-5-8-27-21(25-20)19(15)14-24-27/h5,8,11-14,17H,1-4,6-7,9-10H2,(H,23,25). The number of hydrogen-bond donors (Lipinski definition) is 1. The number of benzene rings is 1. The van der Waals surface area contributed by atoms with Crippen molar-refractivity contribution < 1.29 is 9.13 Å². The molecule has 5 rings (SSSR count). The number of nitrogens with one attached hydrogen (secondary N) is 1. The Balaban J connectivity index is 1.54. The number of rotatable bonds is 0. The van der Waals surface area contributed by atoms with Gasteiger partial charge in [0, 0.05) is 37.0 Å². The Morgan fingerprint density at radius 2 is 2.11 bits per heavy atom. The predicted molar refractivity (Wildman–Crippen MR) is 106 cm³/mol. The zero-order valence-electron chi connectivity index (χ0n) is 15.8. The lowest BCUT2D eigenvalue weighted by molar-refractivity contribution is 0.119. The third kappa shape index (κ3) is 3.42. The molecule has 6 nitrogen and oxygen atoms in total. The van der Waals surface area contributed by atoms with E-state index in [1.165, 1.54) is 31.4 Å². The Bertz CT molecular complexity index is 988. The molecule has 2 aromatic heterocycles. The molecule has 0 spiro atoms. The van der Waals surface area contributed by atoms with Gasteiger partial charge >= 0.3 is 0 Å². The summed E-state index contributed by atoms with van der Waals surface area (Å²) in [7, 11) is 0. The van der Waals surface area contributed by atoms with Gasteiger partial charge < -0.3 is 10.1 Å². The van der Waals surface area contributed by atoms with E-state index in [0.717, 1.165) is 43.0 Å². The summed E-state index contributed by atoms with van der Waals surface area (Å²) in [4.78, 5) is 7.24. The number of aromatic nitrogens is 3. The highest BCUT2D eigenvalue weighted by Gasteiger charge is 2.22. The first-order valence-corrected chi connectivity index (χ1v) is 10.0. The van der Waals surface area contributed by atoms with Gasteiger partial charge in [0.05, 0.1) is 6.20 Å².